The predicted molar refractivity (Wildman–Crippen MR) is 190 cm³/mol. The highest BCUT2D eigenvalue weighted by molar-refractivity contribution is 7.74. The summed E-state index contributed by atoms with van der Waals surface area (Å²) in [6.07, 6.45) is 14.9. The van der Waals surface area contributed by atoms with Crippen molar-refractivity contribution in [2.75, 3.05) is 13.1 Å². The highest BCUT2D eigenvalue weighted by atomic mass is 31.2. The average molecular weight is 641 g/mol. The largest absolute Gasteiger partial charge is 0.297 e. The van der Waals surface area contributed by atoms with Gasteiger partial charge in [0.1, 0.15) is 0 Å². The third-order valence-corrected chi connectivity index (χ3v) is 16.8. The molecule has 0 spiro atoms. The minimum absolute atomic E-state index is 0.0137. The summed E-state index contributed by atoms with van der Waals surface area (Å²) in [5, 5.41) is 3.79. The molecule has 46 heavy (non-hydrogen) atoms. The molecule has 2 saturated heterocycles. The van der Waals surface area contributed by atoms with Gasteiger partial charge in [-0.25, -0.2) is 9.34 Å². The molecule has 230 valence electrons. The van der Waals surface area contributed by atoms with Crippen molar-refractivity contribution in [3.8, 4) is 0 Å². The van der Waals surface area contributed by atoms with Crippen LogP contribution in [-0.4, -0.2) is 22.4 Å². The number of hydrogen-bond donors (Lipinski definition) is 0. The summed E-state index contributed by atoms with van der Waals surface area (Å²) in [7, 11) is -6.36. The maximum atomic E-state index is 15.8. The van der Waals surface area contributed by atoms with Crippen molar-refractivity contribution in [1.29, 1.82) is 0 Å². The molecule has 4 aromatic rings. The van der Waals surface area contributed by atoms with E-state index < -0.39 is 14.6 Å². The normalized spacial score (nSPS) is 30.4. The van der Waals surface area contributed by atoms with Crippen molar-refractivity contribution in [3.05, 3.63) is 180 Å². The number of rotatable bonds is 7. The lowest BCUT2D eigenvalue weighted by Crippen LogP contribution is -2.36. The first-order valence-corrected chi connectivity index (χ1v) is 19.6. The number of benzene rings is 4. The Balaban J connectivity index is 1.28. The zero-order valence-corrected chi connectivity index (χ0v) is 27.5. The van der Waals surface area contributed by atoms with Crippen LogP contribution in [0, 0.1) is 11.8 Å². The quantitative estimate of drug-likeness (QED) is 0.149. The van der Waals surface area contributed by atoms with Crippen molar-refractivity contribution in [2.24, 2.45) is 11.8 Å². The standard InChI is InChI=1S/C40H38N2O2P2/c43-45(33-21-9-3-10-22-33)37-27-15-13-25-35(37)39(31-17-5-1-6-18-31)41(45)29-30-42-40(32-19-7-2-8-20-32)36-26-14-16-28-38(36)46(42,44)34-23-11-4-12-24-34/h1-14,17-28,35-36,39-40H,15-16,29-30H2/t35-,36-,39+,40+,45+,46+/m0/s1. The number of allylic oxidation sites excluding steroid dienone is 4. The molecule has 0 N–H and O–H groups in total. The van der Waals surface area contributed by atoms with Crippen LogP contribution in [-0.2, 0) is 9.13 Å². The highest BCUT2D eigenvalue weighted by Gasteiger charge is 2.56. The zero-order valence-electron chi connectivity index (χ0n) is 25.8. The minimum atomic E-state index is -3.18. The first-order chi connectivity index (χ1) is 22.6. The lowest BCUT2D eigenvalue weighted by atomic mass is 9.89. The summed E-state index contributed by atoms with van der Waals surface area (Å²) < 4.78 is 36.3. The molecule has 4 aliphatic rings. The smallest absolute Gasteiger partial charge is 0.204 e. The topological polar surface area (TPSA) is 40.6 Å². The van der Waals surface area contributed by atoms with Crippen molar-refractivity contribution >= 4 is 25.2 Å². The van der Waals surface area contributed by atoms with E-state index in [9.17, 15) is 0 Å². The zero-order chi connectivity index (χ0) is 31.1. The molecule has 4 nitrogen and oxygen atoms in total. The van der Waals surface area contributed by atoms with Crippen molar-refractivity contribution in [2.45, 2.75) is 24.9 Å². The van der Waals surface area contributed by atoms with Gasteiger partial charge < -0.3 is 0 Å². The Morgan fingerprint density at radius 2 is 0.848 bits per heavy atom. The van der Waals surface area contributed by atoms with Crippen LogP contribution < -0.4 is 10.6 Å². The van der Waals surface area contributed by atoms with Crippen molar-refractivity contribution in [1.82, 2.24) is 9.34 Å². The second kappa shape index (κ2) is 12.1. The van der Waals surface area contributed by atoms with Crippen LogP contribution in [0.25, 0.3) is 0 Å². The lowest BCUT2D eigenvalue weighted by molar-refractivity contribution is 0.259. The maximum Gasteiger partial charge on any atom is 0.204 e. The van der Waals surface area contributed by atoms with E-state index in [-0.39, 0.29) is 23.9 Å². The van der Waals surface area contributed by atoms with E-state index in [0.717, 1.165) is 45.2 Å². The Morgan fingerprint density at radius 3 is 1.22 bits per heavy atom. The van der Waals surface area contributed by atoms with Crippen LogP contribution in [0.1, 0.15) is 36.1 Å². The summed E-state index contributed by atoms with van der Waals surface area (Å²) in [4.78, 5) is 0. The summed E-state index contributed by atoms with van der Waals surface area (Å²) in [5.74, 6) is 0.0275. The van der Waals surface area contributed by atoms with E-state index in [1.54, 1.807) is 0 Å². The summed E-state index contributed by atoms with van der Waals surface area (Å²) in [6.45, 7) is 1.02. The highest BCUT2D eigenvalue weighted by Crippen LogP contribution is 2.73. The van der Waals surface area contributed by atoms with Crippen LogP contribution in [0.2, 0.25) is 0 Å². The molecular formula is C40H38N2O2P2. The molecule has 0 amide bonds. The minimum Gasteiger partial charge on any atom is -0.297 e. The third kappa shape index (κ3) is 4.66. The van der Waals surface area contributed by atoms with E-state index in [1.165, 1.54) is 0 Å². The second-order valence-corrected chi connectivity index (χ2v) is 17.9. The van der Waals surface area contributed by atoms with Crippen LogP contribution in [0.15, 0.2) is 168 Å². The molecule has 2 aliphatic carbocycles. The summed E-state index contributed by atoms with van der Waals surface area (Å²) in [6, 6.07) is 41.0. The van der Waals surface area contributed by atoms with Gasteiger partial charge in [0.05, 0.1) is 12.1 Å². The van der Waals surface area contributed by atoms with Gasteiger partial charge in [-0.2, -0.15) is 0 Å². The fourth-order valence-corrected chi connectivity index (χ4v) is 15.1. The first-order valence-electron chi connectivity index (χ1n) is 16.3. The Morgan fingerprint density at radius 1 is 0.500 bits per heavy atom. The van der Waals surface area contributed by atoms with Gasteiger partial charge >= 0.3 is 0 Å². The van der Waals surface area contributed by atoms with E-state index in [2.05, 4.69) is 94.3 Å². The molecule has 0 radical (unpaired) electrons. The lowest BCUT2D eigenvalue weighted by Gasteiger charge is -2.36. The van der Waals surface area contributed by atoms with E-state index in [0.29, 0.717) is 13.1 Å². The van der Waals surface area contributed by atoms with E-state index in [1.807, 2.05) is 72.8 Å². The van der Waals surface area contributed by atoms with Crippen LogP contribution in [0.4, 0.5) is 0 Å². The SMILES string of the molecule is O=[P@]1(c2ccccc2)C2=CCC=C[C@@H]2[C@@H](c2ccccc2)N1CCN1[C@H](c2ccccc2)[C@H]2C=CCC=C2[P@]1(=O)c1ccccc1. The third-order valence-electron chi connectivity index (χ3n) is 10.1. The molecule has 6 heteroatoms. The number of nitrogens with zero attached hydrogens (tertiary/aromatic N) is 2. The Hall–Kier alpha value is -3.78. The van der Waals surface area contributed by atoms with Crippen LogP contribution in [0.5, 0.6) is 0 Å². The Labute approximate surface area is 272 Å². The molecule has 0 unspecified atom stereocenters. The molecule has 8 rings (SSSR count). The van der Waals surface area contributed by atoms with Crippen molar-refractivity contribution < 1.29 is 9.13 Å². The molecule has 4 aromatic carbocycles. The van der Waals surface area contributed by atoms with Gasteiger partial charge in [-0.1, -0.05) is 134 Å². The molecule has 0 aromatic heterocycles. The monoisotopic (exact) mass is 640 g/mol. The summed E-state index contributed by atoms with van der Waals surface area (Å²) >= 11 is 0. The van der Waals surface area contributed by atoms with E-state index >= 15 is 9.13 Å². The molecule has 2 fully saturated rings. The molecule has 0 bridgehead atoms. The van der Waals surface area contributed by atoms with E-state index in [4.69, 9.17) is 0 Å². The molecular weight excluding hydrogens is 602 g/mol. The average Bonchev–Trinajstić information content (AvgIpc) is 3.55. The van der Waals surface area contributed by atoms with Crippen molar-refractivity contribution in [3.63, 3.8) is 0 Å². The van der Waals surface area contributed by atoms with Gasteiger partial charge in [-0.15, -0.1) is 0 Å². The fraction of sp³-hybridized carbons (Fsp3) is 0.200. The first kappa shape index (κ1) is 29.6. The molecule has 6 atom stereocenters. The second-order valence-electron chi connectivity index (χ2n) is 12.5. The van der Waals surface area contributed by atoms with Crippen LogP contribution >= 0.6 is 14.6 Å². The number of hydrogen-bond acceptors (Lipinski definition) is 2. The fourth-order valence-electron chi connectivity index (χ4n) is 8.18. The van der Waals surface area contributed by atoms with Gasteiger partial charge in [0, 0.05) is 46.2 Å². The Bertz CT molecular complexity index is 1790. The summed E-state index contributed by atoms with van der Waals surface area (Å²) in [5.41, 5.74) is 2.32. The van der Waals surface area contributed by atoms with Gasteiger partial charge in [0.25, 0.3) is 0 Å². The predicted octanol–water partition coefficient (Wildman–Crippen LogP) is 9.23. The maximum absolute atomic E-state index is 15.8. The molecule has 0 saturated carbocycles. The van der Waals surface area contributed by atoms with Gasteiger partial charge in [0.2, 0.25) is 14.6 Å². The molecule has 2 aliphatic heterocycles. The number of fused-ring (bicyclic) bond motifs is 2. The molecule has 2 heterocycles. The van der Waals surface area contributed by atoms with Gasteiger partial charge in [-0.05, 0) is 48.2 Å². The van der Waals surface area contributed by atoms with Gasteiger partial charge in [-0.3, -0.25) is 9.13 Å². The van der Waals surface area contributed by atoms with Crippen LogP contribution in [0.3, 0.4) is 0 Å². The van der Waals surface area contributed by atoms with Gasteiger partial charge in [0.15, 0.2) is 0 Å². The Kier molecular flexibility index (Phi) is 7.79.